The third-order valence-electron chi connectivity index (χ3n) is 1.86. The van der Waals surface area contributed by atoms with E-state index in [4.69, 9.17) is 0 Å². The van der Waals surface area contributed by atoms with Crippen LogP contribution in [0.5, 0.6) is 0 Å². The lowest BCUT2D eigenvalue weighted by Gasteiger charge is -1.92. The van der Waals surface area contributed by atoms with Crippen molar-refractivity contribution in [1.82, 2.24) is 0 Å². The Bertz CT molecular complexity index is 449. The van der Waals surface area contributed by atoms with Crippen LogP contribution in [0.2, 0.25) is 0 Å². The standard InChI is InChI=1S/C12H9FN2/c13-10-6-8-12(9-7-10)15-14-11-4-2-1-3-5-11/h1-9H/b15-14+. The summed E-state index contributed by atoms with van der Waals surface area (Å²) in [6.45, 7) is 0. The molecule has 2 rings (SSSR count). The van der Waals surface area contributed by atoms with E-state index >= 15 is 0 Å². The predicted octanol–water partition coefficient (Wildman–Crippen LogP) is 4.24. The van der Waals surface area contributed by atoms with E-state index in [1.807, 2.05) is 30.3 Å². The van der Waals surface area contributed by atoms with Crippen molar-refractivity contribution in [2.24, 2.45) is 10.2 Å². The molecule has 0 atom stereocenters. The van der Waals surface area contributed by atoms with E-state index in [9.17, 15) is 4.39 Å². The van der Waals surface area contributed by atoms with Crippen LogP contribution in [-0.2, 0) is 0 Å². The SMILES string of the molecule is Fc1ccc(/N=N/c2ccccc2)cc1. The first kappa shape index (κ1) is 9.52. The number of halogens is 1. The molecule has 2 aromatic rings. The van der Waals surface area contributed by atoms with E-state index in [1.54, 1.807) is 12.1 Å². The molecular weight excluding hydrogens is 191 g/mol. The third-order valence-corrected chi connectivity index (χ3v) is 1.86. The minimum atomic E-state index is -0.270. The molecule has 0 aromatic heterocycles. The van der Waals surface area contributed by atoms with Gasteiger partial charge in [-0.05, 0) is 36.4 Å². The van der Waals surface area contributed by atoms with Crippen LogP contribution in [0.4, 0.5) is 15.8 Å². The average molecular weight is 200 g/mol. The molecule has 0 aliphatic rings. The van der Waals surface area contributed by atoms with Crippen molar-refractivity contribution in [2.75, 3.05) is 0 Å². The van der Waals surface area contributed by atoms with Gasteiger partial charge < -0.3 is 0 Å². The first-order chi connectivity index (χ1) is 7.34. The Labute approximate surface area is 87.1 Å². The molecule has 0 radical (unpaired) electrons. The molecule has 0 spiro atoms. The quantitative estimate of drug-likeness (QED) is 0.648. The molecule has 0 amide bonds. The molecule has 0 saturated heterocycles. The topological polar surface area (TPSA) is 24.7 Å². The zero-order chi connectivity index (χ0) is 10.5. The fraction of sp³-hybridized carbons (Fsp3) is 0. The molecule has 15 heavy (non-hydrogen) atoms. The van der Waals surface area contributed by atoms with Crippen molar-refractivity contribution in [1.29, 1.82) is 0 Å². The normalized spacial score (nSPS) is 10.7. The first-order valence-electron chi connectivity index (χ1n) is 4.57. The smallest absolute Gasteiger partial charge is 0.123 e. The van der Waals surface area contributed by atoms with Gasteiger partial charge in [0.05, 0.1) is 11.4 Å². The Kier molecular flexibility index (Phi) is 2.83. The maximum atomic E-state index is 12.6. The van der Waals surface area contributed by atoms with Crippen molar-refractivity contribution in [3.8, 4) is 0 Å². The Balaban J connectivity index is 2.15. The van der Waals surface area contributed by atoms with Gasteiger partial charge in [0.15, 0.2) is 0 Å². The summed E-state index contributed by atoms with van der Waals surface area (Å²) in [6.07, 6.45) is 0. The number of nitrogens with zero attached hydrogens (tertiary/aromatic N) is 2. The fourth-order valence-electron chi connectivity index (χ4n) is 1.12. The van der Waals surface area contributed by atoms with Crippen LogP contribution in [0.1, 0.15) is 0 Å². The summed E-state index contributed by atoms with van der Waals surface area (Å²) >= 11 is 0. The first-order valence-corrected chi connectivity index (χ1v) is 4.57. The molecule has 3 heteroatoms. The van der Waals surface area contributed by atoms with Gasteiger partial charge in [0.25, 0.3) is 0 Å². The van der Waals surface area contributed by atoms with Crippen LogP contribution in [0, 0.1) is 5.82 Å². The highest BCUT2D eigenvalue weighted by Gasteiger charge is 1.90. The molecule has 2 nitrogen and oxygen atoms in total. The Morgan fingerprint density at radius 3 is 1.80 bits per heavy atom. The summed E-state index contributed by atoms with van der Waals surface area (Å²) < 4.78 is 12.6. The average Bonchev–Trinajstić information content (AvgIpc) is 2.30. The van der Waals surface area contributed by atoms with Gasteiger partial charge in [-0.25, -0.2) is 4.39 Å². The summed E-state index contributed by atoms with van der Waals surface area (Å²) in [5.74, 6) is -0.270. The predicted molar refractivity (Wildman–Crippen MR) is 57.0 cm³/mol. The monoisotopic (exact) mass is 200 g/mol. The number of benzene rings is 2. The number of hydrogen-bond donors (Lipinski definition) is 0. The molecule has 0 unspecified atom stereocenters. The highest BCUT2D eigenvalue weighted by atomic mass is 19.1. The van der Waals surface area contributed by atoms with E-state index < -0.39 is 0 Å². The van der Waals surface area contributed by atoms with Crippen LogP contribution in [0.15, 0.2) is 64.8 Å². The molecule has 0 bridgehead atoms. The molecule has 0 saturated carbocycles. The molecule has 0 fully saturated rings. The van der Waals surface area contributed by atoms with Gasteiger partial charge in [0.2, 0.25) is 0 Å². The number of hydrogen-bond acceptors (Lipinski definition) is 2. The Hall–Kier alpha value is -2.03. The summed E-state index contributed by atoms with van der Waals surface area (Å²) in [4.78, 5) is 0. The second-order valence-corrected chi connectivity index (χ2v) is 3.01. The molecule has 74 valence electrons. The van der Waals surface area contributed by atoms with Crippen molar-refractivity contribution in [2.45, 2.75) is 0 Å². The number of azo groups is 1. The van der Waals surface area contributed by atoms with Crippen LogP contribution < -0.4 is 0 Å². The zero-order valence-corrected chi connectivity index (χ0v) is 7.97. The fourth-order valence-corrected chi connectivity index (χ4v) is 1.12. The van der Waals surface area contributed by atoms with Gasteiger partial charge in [-0.15, -0.1) is 0 Å². The lowest BCUT2D eigenvalue weighted by atomic mass is 10.3. The molecule has 2 aromatic carbocycles. The summed E-state index contributed by atoms with van der Waals surface area (Å²) in [6, 6.07) is 15.3. The van der Waals surface area contributed by atoms with E-state index in [0.29, 0.717) is 5.69 Å². The lowest BCUT2D eigenvalue weighted by Crippen LogP contribution is -1.69. The van der Waals surface area contributed by atoms with Gasteiger partial charge in [-0.1, -0.05) is 18.2 Å². The lowest BCUT2D eigenvalue weighted by molar-refractivity contribution is 0.628. The zero-order valence-electron chi connectivity index (χ0n) is 7.97. The van der Waals surface area contributed by atoms with Gasteiger partial charge in [0.1, 0.15) is 5.82 Å². The van der Waals surface area contributed by atoms with Crippen LogP contribution in [0.25, 0.3) is 0 Å². The van der Waals surface area contributed by atoms with Crippen molar-refractivity contribution >= 4 is 11.4 Å². The molecule has 0 aliphatic carbocycles. The minimum absolute atomic E-state index is 0.270. The van der Waals surface area contributed by atoms with Gasteiger partial charge in [-0.2, -0.15) is 10.2 Å². The van der Waals surface area contributed by atoms with E-state index in [1.165, 1.54) is 12.1 Å². The van der Waals surface area contributed by atoms with Crippen LogP contribution in [-0.4, -0.2) is 0 Å². The van der Waals surface area contributed by atoms with E-state index in [0.717, 1.165) is 5.69 Å². The van der Waals surface area contributed by atoms with Crippen LogP contribution >= 0.6 is 0 Å². The largest absolute Gasteiger partial charge is 0.207 e. The highest BCUT2D eigenvalue weighted by Crippen LogP contribution is 2.17. The third kappa shape index (κ3) is 2.71. The molecule has 0 aliphatic heterocycles. The minimum Gasteiger partial charge on any atom is -0.207 e. The molecular formula is C12H9FN2. The summed E-state index contributed by atoms with van der Waals surface area (Å²) in [5, 5.41) is 7.98. The Morgan fingerprint density at radius 2 is 1.20 bits per heavy atom. The van der Waals surface area contributed by atoms with Crippen molar-refractivity contribution in [3.63, 3.8) is 0 Å². The van der Waals surface area contributed by atoms with Gasteiger partial charge in [0, 0.05) is 0 Å². The van der Waals surface area contributed by atoms with E-state index in [2.05, 4.69) is 10.2 Å². The summed E-state index contributed by atoms with van der Waals surface area (Å²) in [5.41, 5.74) is 1.42. The number of rotatable bonds is 2. The molecule has 0 N–H and O–H groups in total. The second kappa shape index (κ2) is 4.46. The van der Waals surface area contributed by atoms with Crippen molar-refractivity contribution < 1.29 is 4.39 Å². The van der Waals surface area contributed by atoms with E-state index in [-0.39, 0.29) is 5.82 Å². The Morgan fingerprint density at radius 1 is 0.667 bits per heavy atom. The van der Waals surface area contributed by atoms with Crippen molar-refractivity contribution in [3.05, 3.63) is 60.4 Å². The maximum Gasteiger partial charge on any atom is 0.123 e. The second-order valence-electron chi connectivity index (χ2n) is 3.01. The highest BCUT2D eigenvalue weighted by molar-refractivity contribution is 5.39. The maximum absolute atomic E-state index is 12.6. The molecule has 0 heterocycles. The van der Waals surface area contributed by atoms with Crippen LogP contribution in [0.3, 0.4) is 0 Å². The van der Waals surface area contributed by atoms with Gasteiger partial charge in [-0.3, -0.25) is 0 Å². The van der Waals surface area contributed by atoms with Gasteiger partial charge >= 0.3 is 0 Å². The summed E-state index contributed by atoms with van der Waals surface area (Å²) in [7, 11) is 0.